The van der Waals surface area contributed by atoms with Crippen molar-refractivity contribution in [2.24, 2.45) is 11.7 Å². The molecular formula is C14H22N4O. The second-order valence-corrected chi connectivity index (χ2v) is 5.07. The van der Waals surface area contributed by atoms with E-state index in [1.54, 1.807) is 6.20 Å². The van der Waals surface area contributed by atoms with E-state index in [-0.39, 0.29) is 11.8 Å². The Morgan fingerprint density at radius 1 is 1.47 bits per heavy atom. The third-order valence-electron chi connectivity index (χ3n) is 3.49. The summed E-state index contributed by atoms with van der Waals surface area (Å²) in [5.41, 5.74) is 6.20. The van der Waals surface area contributed by atoms with E-state index in [9.17, 15) is 4.79 Å². The number of aromatic nitrogens is 1. The number of carbonyl (C=O) groups excluding carboxylic acids is 1. The average Bonchev–Trinajstić information content (AvgIpc) is 2.94. The molecule has 1 unspecified atom stereocenters. The summed E-state index contributed by atoms with van der Waals surface area (Å²) < 4.78 is 0. The predicted octanol–water partition coefficient (Wildman–Crippen LogP) is 1.61. The van der Waals surface area contributed by atoms with Crippen LogP contribution in [0.25, 0.3) is 0 Å². The van der Waals surface area contributed by atoms with Crippen LogP contribution in [-0.4, -0.2) is 30.5 Å². The summed E-state index contributed by atoms with van der Waals surface area (Å²) in [7, 11) is 0. The molecule has 19 heavy (non-hydrogen) atoms. The maximum Gasteiger partial charge on any atom is 0.227 e. The summed E-state index contributed by atoms with van der Waals surface area (Å²) in [6, 6.07) is 3.88. The Morgan fingerprint density at radius 3 is 2.79 bits per heavy atom. The second kappa shape index (κ2) is 6.52. The van der Waals surface area contributed by atoms with Crippen molar-refractivity contribution < 1.29 is 4.79 Å². The molecule has 1 aliphatic rings. The van der Waals surface area contributed by atoms with Crippen molar-refractivity contribution in [3.8, 4) is 0 Å². The Balaban J connectivity index is 1.92. The van der Waals surface area contributed by atoms with Crippen molar-refractivity contribution in [3.05, 3.63) is 18.3 Å². The van der Waals surface area contributed by atoms with Gasteiger partial charge in [0.1, 0.15) is 5.82 Å². The minimum atomic E-state index is -0.0664. The van der Waals surface area contributed by atoms with E-state index < -0.39 is 0 Å². The van der Waals surface area contributed by atoms with Gasteiger partial charge in [-0.3, -0.25) is 4.79 Å². The van der Waals surface area contributed by atoms with Crippen LogP contribution < -0.4 is 16.0 Å². The number of anilines is 2. The molecule has 104 valence electrons. The third-order valence-corrected chi connectivity index (χ3v) is 3.49. The van der Waals surface area contributed by atoms with Crippen molar-refractivity contribution in [1.82, 2.24) is 4.98 Å². The number of amides is 1. The highest BCUT2D eigenvalue weighted by molar-refractivity contribution is 5.92. The molecule has 0 aliphatic carbocycles. The number of hydrogen-bond acceptors (Lipinski definition) is 4. The molecule has 0 radical (unpaired) electrons. The van der Waals surface area contributed by atoms with E-state index in [2.05, 4.69) is 15.2 Å². The first kappa shape index (κ1) is 13.8. The predicted molar refractivity (Wildman–Crippen MR) is 77.1 cm³/mol. The summed E-state index contributed by atoms with van der Waals surface area (Å²) in [5, 5.41) is 2.87. The number of carbonyl (C=O) groups is 1. The minimum absolute atomic E-state index is 0.00109. The largest absolute Gasteiger partial charge is 0.357 e. The van der Waals surface area contributed by atoms with Crippen LogP contribution >= 0.6 is 0 Å². The SMILES string of the molecule is CC(CCN)C(=O)Nc1ccc(N2CCCC2)nc1. The molecule has 5 nitrogen and oxygen atoms in total. The molecule has 1 atom stereocenters. The lowest BCUT2D eigenvalue weighted by Crippen LogP contribution is -2.23. The molecule has 2 rings (SSSR count). The van der Waals surface area contributed by atoms with Gasteiger partial charge in [0.2, 0.25) is 5.91 Å². The van der Waals surface area contributed by atoms with E-state index >= 15 is 0 Å². The lowest BCUT2D eigenvalue weighted by molar-refractivity contribution is -0.119. The van der Waals surface area contributed by atoms with Gasteiger partial charge >= 0.3 is 0 Å². The average molecular weight is 262 g/mol. The van der Waals surface area contributed by atoms with Crippen molar-refractivity contribution in [1.29, 1.82) is 0 Å². The van der Waals surface area contributed by atoms with Gasteiger partial charge in [-0.2, -0.15) is 0 Å². The Bertz CT molecular complexity index is 412. The maximum atomic E-state index is 11.8. The highest BCUT2D eigenvalue weighted by Crippen LogP contribution is 2.19. The molecule has 5 heteroatoms. The molecule has 1 saturated heterocycles. The zero-order valence-electron chi connectivity index (χ0n) is 11.4. The molecule has 1 fully saturated rings. The topological polar surface area (TPSA) is 71.2 Å². The normalized spacial score (nSPS) is 16.4. The lowest BCUT2D eigenvalue weighted by Gasteiger charge is -2.16. The molecule has 0 spiro atoms. The lowest BCUT2D eigenvalue weighted by atomic mass is 10.1. The first-order chi connectivity index (χ1) is 9.20. The summed E-state index contributed by atoms with van der Waals surface area (Å²) in [6.07, 6.45) is 4.89. The quantitative estimate of drug-likeness (QED) is 0.845. The molecule has 0 bridgehead atoms. The summed E-state index contributed by atoms with van der Waals surface area (Å²) >= 11 is 0. The molecule has 1 aromatic heterocycles. The monoisotopic (exact) mass is 262 g/mol. The molecule has 0 saturated carbocycles. The third kappa shape index (κ3) is 3.67. The first-order valence-corrected chi connectivity index (χ1v) is 6.92. The Hall–Kier alpha value is -1.62. The first-order valence-electron chi connectivity index (χ1n) is 6.92. The van der Waals surface area contributed by atoms with Crippen LogP contribution in [0.4, 0.5) is 11.5 Å². The standard InChI is InChI=1S/C14H22N4O/c1-11(6-7-15)14(19)17-12-4-5-13(16-10-12)18-8-2-3-9-18/h4-5,10-11H,2-3,6-9,15H2,1H3,(H,17,19). The molecule has 1 aromatic rings. The number of pyridine rings is 1. The van der Waals surface area contributed by atoms with Gasteiger partial charge < -0.3 is 16.0 Å². The van der Waals surface area contributed by atoms with E-state index in [1.807, 2.05) is 19.1 Å². The number of nitrogens with zero attached hydrogens (tertiary/aromatic N) is 2. The van der Waals surface area contributed by atoms with Gasteiger partial charge in [-0.15, -0.1) is 0 Å². The summed E-state index contributed by atoms with van der Waals surface area (Å²) in [6.45, 7) is 4.56. The fraction of sp³-hybridized carbons (Fsp3) is 0.571. The molecule has 1 amide bonds. The highest BCUT2D eigenvalue weighted by atomic mass is 16.1. The minimum Gasteiger partial charge on any atom is -0.357 e. The number of nitrogens with two attached hydrogens (primary N) is 1. The van der Waals surface area contributed by atoms with Gasteiger partial charge in [0.25, 0.3) is 0 Å². The van der Waals surface area contributed by atoms with Crippen LogP contribution in [0.2, 0.25) is 0 Å². The van der Waals surface area contributed by atoms with Crippen LogP contribution in [0.1, 0.15) is 26.2 Å². The molecule has 2 heterocycles. The molecule has 3 N–H and O–H groups in total. The summed E-state index contributed by atoms with van der Waals surface area (Å²) in [4.78, 5) is 18.5. The Kier molecular flexibility index (Phi) is 4.74. The number of nitrogens with one attached hydrogen (secondary N) is 1. The van der Waals surface area contributed by atoms with Gasteiger partial charge in [-0.1, -0.05) is 6.92 Å². The van der Waals surface area contributed by atoms with E-state index in [0.29, 0.717) is 13.0 Å². The van der Waals surface area contributed by atoms with Gasteiger partial charge in [0.15, 0.2) is 0 Å². The maximum absolute atomic E-state index is 11.8. The summed E-state index contributed by atoms with van der Waals surface area (Å²) in [5.74, 6) is 0.926. The smallest absolute Gasteiger partial charge is 0.227 e. The van der Waals surface area contributed by atoms with Crippen molar-refractivity contribution in [2.45, 2.75) is 26.2 Å². The van der Waals surface area contributed by atoms with Gasteiger partial charge in [0, 0.05) is 19.0 Å². The van der Waals surface area contributed by atoms with Crippen LogP contribution in [0.5, 0.6) is 0 Å². The van der Waals surface area contributed by atoms with Gasteiger partial charge in [-0.05, 0) is 37.9 Å². The van der Waals surface area contributed by atoms with E-state index in [1.165, 1.54) is 12.8 Å². The molecule has 1 aliphatic heterocycles. The van der Waals surface area contributed by atoms with Crippen molar-refractivity contribution in [3.63, 3.8) is 0 Å². The van der Waals surface area contributed by atoms with Crippen molar-refractivity contribution >= 4 is 17.4 Å². The van der Waals surface area contributed by atoms with Gasteiger partial charge in [0.05, 0.1) is 11.9 Å². The van der Waals surface area contributed by atoms with Crippen LogP contribution in [0, 0.1) is 5.92 Å². The molecule has 0 aromatic carbocycles. The van der Waals surface area contributed by atoms with Crippen LogP contribution in [0.15, 0.2) is 18.3 Å². The van der Waals surface area contributed by atoms with E-state index in [0.717, 1.165) is 24.6 Å². The zero-order valence-corrected chi connectivity index (χ0v) is 11.4. The van der Waals surface area contributed by atoms with E-state index in [4.69, 9.17) is 5.73 Å². The molecular weight excluding hydrogens is 240 g/mol. The Labute approximate surface area is 114 Å². The number of hydrogen-bond donors (Lipinski definition) is 2. The fourth-order valence-electron chi connectivity index (χ4n) is 2.24. The Morgan fingerprint density at radius 2 is 2.21 bits per heavy atom. The van der Waals surface area contributed by atoms with Crippen LogP contribution in [0.3, 0.4) is 0 Å². The fourth-order valence-corrected chi connectivity index (χ4v) is 2.24. The van der Waals surface area contributed by atoms with Crippen molar-refractivity contribution in [2.75, 3.05) is 29.9 Å². The zero-order chi connectivity index (χ0) is 13.7. The highest BCUT2D eigenvalue weighted by Gasteiger charge is 2.14. The second-order valence-electron chi connectivity index (χ2n) is 5.07. The van der Waals surface area contributed by atoms with Crippen LogP contribution in [-0.2, 0) is 4.79 Å². The van der Waals surface area contributed by atoms with Gasteiger partial charge in [-0.25, -0.2) is 4.98 Å². The number of rotatable bonds is 5.